The van der Waals surface area contributed by atoms with E-state index in [9.17, 15) is 18.0 Å². The van der Waals surface area contributed by atoms with Gasteiger partial charge in [0, 0.05) is 24.7 Å². The molecule has 1 rings (SSSR count). The molecule has 0 radical (unpaired) electrons. The van der Waals surface area contributed by atoms with E-state index in [0.717, 1.165) is 6.07 Å². The van der Waals surface area contributed by atoms with Crippen molar-refractivity contribution in [2.24, 2.45) is 0 Å². The molecule has 0 aromatic heterocycles. The Morgan fingerprint density at radius 1 is 1.37 bits per heavy atom. The molecular weight excluding hydrogens is 273 g/mol. The van der Waals surface area contributed by atoms with Crippen molar-refractivity contribution in [1.29, 1.82) is 0 Å². The molecule has 1 aromatic carbocycles. The van der Waals surface area contributed by atoms with E-state index in [-0.39, 0.29) is 10.7 Å². The Balaban J connectivity index is 2.69. The minimum atomic E-state index is -4.33. The lowest BCUT2D eigenvalue weighted by Gasteiger charge is -2.09. The minimum absolute atomic E-state index is 0.0344. The summed E-state index contributed by atoms with van der Waals surface area (Å²) >= 11 is 1.19. The van der Waals surface area contributed by atoms with Crippen LogP contribution >= 0.6 is 11.8 Å². The van der Waals surface area contributed by atoms with Crippen molar-refractivity contribution in [3.63, 3.8) is 0 Å². The maximum absolute atomic E-state index is 12.5. The first-order chi connectivity index (χ1) is 8.80. The average Bonchev–Trinajstić information content (AvgIpc) is 2.26. The molecule has 0 aliphatic heterocycles. The Bertz CT molecular complexity index is 524. The van der Waals surface area contributed by atoms with Crippen LogP contribution in [-0.4, -0.2) is 10.9 Å². The quantitative estimate of drug-likeness (QED) is 0.603. The first-order valence-corrected chi connectivity index (χ1v) is 6.59. The molecule has 0 spiro atoms. The number of carbonyl (C=O) groups is 1. The van der Waals surface area contributed by atoms with Crippen LogP contribution in [0.4, 0.5) is 13.2 Å². The van der Waals surface area contributed by atoms with Crippen LogP contribution < -0.4 is 0 Å². The van der Waals surface area contributed by atoms with Crippen molar-refractivity contribution < 1.29 is 18.0 Å². The van der Waals surface area contributed by atoms with Crippen LogP contribution in [0.1, 0.15) is 30.0 Å². The van der Waals surface area contributed by atoms with Crippen LogP contribution in [0.5, 0.6) is 0 Å². The second-order valence-corrected chi connectivity index (χ2v) is 5.19. The summed E-state index contributed by atoms with van der Waals surface area (Å²) in [5.41, 5.74) is 0.0842. The maximum atomic E-state index is 12.5. The third-order valence-corrected chi connectivity index (χ3v) is 3.11. The second kappa shape index (κ2) is 6.67. The van der Waals surface area contributed by atoms with E-state index in [1.54, 1.807) is 0 Å². The summed E-state index contributed by atoms with van der Waals surface area (Å²) in [7, 11) is 0. The number of benzene rings is 1. The molecule has 0 heterocycles. The fourth-order valence-corrected chi connectivity index (χ4v) is 1.96. The van der Waals surface area contributed by atoms with Gasteiger partial charge in [0.05, 0.1) is 5.56 Å². The predicted molar refractivity (Wildman–Crippen MR) is 70.8 cm³/mol. The molecule has 1 aromatic rings. The Hall–Kier alpha value is -1.41. The fourth-order valence-electron chi connectivity index (χ4n) is 1.47. The summed E-state index contributed by atoms with van der Waals surface area (Å²) in [6, 6.07) is 3.83. The van der Waals surface area contributed by atoms with Crippen LogP contribution in [0, 0.1) is 18.8 Å². The number of rotatable bonds is 2. The molecule has 1 nitrogen and oxygen atoms in total. The van der Waals surface area contributed by atoms with Gasteiger partial charge < -0.3 is 0 Å². The van der Waals surface area contributed by atoms with Crippen LogP contribution in [0.2, 0.25) is 0 Å². The number of thioether (sulfide) groups is 1. The van der Waals surface area contributed by atoms with Gasteiger partial charge in [-0.15, -0.1) is 0 Å². The lowest BCUT2D eigenvalue weighted by Crippen LogP contribution is -2.07. The Kier molecular flexibility index (Phi) is 5.49. The highest BCUT2D eigenvalue weighted by atomic mass is 32.2. The molecular formula is C14H13F3OS. The van der Waals surface area contributed by atoms with E-state index in [2.05, 4.69) is 11.8 Å². The van der Waals surface area contributed by atoms with E-state index in [1.165, 1.54) is 37.7 Å². The van der Waals surface area contributed by atoms with Crippen LogP contribution in [0.25, 0.3) is 0 Å². The normalized spacial score (nSPS) is 10.8. The highest BCUT2D eigenvalue weighted by molar-refractivity contribution is 8.13. The number of hydrogen-bond acceptors (Lipinski definition) is 2. The van der Waals surface area contributed by atoms with E-state index >= 15 is 0 Å². The first kappa shape index (κ1) is 15.6. The maximum Gasteiger partial charge on any atom is 0.416 e. The number of hydrogen-bond donors (Lipinski definition) is 0. The third kappa shape index (κ3) is 5.39. The smallest absolute Gasteiger partial charge is 0.288 e. The predicted octanol–water partition coefficient (Wildman–Crippen LogP) is 4.04. The molecule has 0 N–H and O–H groups in total. The van der Waals surface area contributed by atoms with Crippen LogP contribution in [0.15, 0.2) is 18.2 Å². The number of halogens is 3. The molecule has 0 fully saturated rings. The minimum Gasteiger partial charge on any atom is -0.288 e. The van der Waals surface area contributed by atoms with Gasteiger partial charge in [0.15, 0.2) is 5.12 Å². The van der Waals surface area contributed by atoms with Gasteiger partial charge in [0.2, 0.25) is 0 Å². The summed E-state index contributed by atoms with van der Waals surface area (Å²) in [4.78, 5) is 10.7. The molecule has 19 heavy (non-hydrogen) atoms. The Labute approximate surface area is 114 Å². The topological polar surface area (TPSA) is 17.1 Å². The number of alkyl halides is 3. The van der Waals surface area contributed by atoms with E-state index in [1.807, 2.05) is 0 Å². The van der Waals surface area contributed by atoms with Gasteiger partial charge in [-0.3, -0.25) is 4.79 Å². The van der Waals surface area contributed by atoms with Crippen molar-refractivity contribution in [1.82, 2.24) is 0 Å². The van der Waals surface area contributed by atoms with Gasteiger partial charge >= 0.3 is 6.18 Å². The second-order valence-electron chi connectivity index (χ2n) is 3.92. The van der Waals surface area contributed by atoms with Crippen molar-refractivity contribution in [3.05, 3.63) is 34.9 Å². The van der Waals surface area contributed by atoms with Gasteiger partial charge in [0.1, 0.15) is 0 Å². The van der Waals surface area contributed by atoms with E-state index < -0.39 is 11.7 Å². The summed E-state index contributed by atoms with van der Waals surface area (Å²) in [6.45, 7) is 2.90. The monoisotopic (exact) mass is 286 g/mol. The van der Waals surface area contributed by atoms with E-state index in [4.69, 9.17) is 0 Å². The zero-order valence-corrected chi connectivity index (χ0v) is 11.4. The van der Waals surface area contributed by atoms with Crippen molar-refractivity contribution >= 4 is 16.9 Å². The van der Waals surface area contributed by atoms with Gasteiger partial charge in [-0.2, -0.15) is 13.2 Å². The lowest BCUT2D eigenvalue weighted by atomic mass is 10.0. The SMILES string of the molecule is CC(=O)SCCC#Cc1ccc(C(F)(F)F)c(C)c1. The van der Waals surface area contributed by atoms with Crippen molar-refractivity contribution in [2.75, 3.05) is 5.75 Å². The zero-order valence-electron chi connectivity index (χ0n) is 10.6. The molecule has 102 valence electrons. The highest BCUT2D eigenvalue weighted by Gasteiger charge is 2.31. The molecule has 0 atom stereocenters. The molecule has 0 saturated carbocycles. The molecule has 0 bridgehead atoms. The number of aryl methyl sites for hydroxylation is 1. The zero-order chi connectivity index (χ0) is 14.5. The van der Waals surface area contributed by atoms with Gasteiger partial charge in [-0.25, -0.2) is 0 Å². The first-order valence-electron chi connectivity index (χ1n) is 5.61. The molecule has 0 aliphatic rings. The van der Waals surface area contributed by atoms with Gasteiger partial charge in [0.25, 0.3) is 0 Å². The van der Waals surface area contributed by atoms with Crippen molar-refractivity contribution in [2.45, 2.75) is 26.4 Å². The van der Waals surface area contributed by atoms with Crippen LogP contribution in [-0.2, 0) is 11.0 Å². The summed E-state index contributed by atoms with van der Waals surface area (Å²) in [5.74, 6) is 6.23. The summed E-state index contributed by atoms with van der Waals surface area (Å²) in [6.07, 6.45) is -3.79. The fraction of sp³-hybridized carbons (Fsp3) is 0.357. The highest BCUT2D eigenvalue weighted by Crippen LogP contribution is 2.31. The summed E-state index contributed by atoms with van der Waals surface area (Å²) in [5, 5.41) is 0.0344. The van der Waals surface area contributed by atoms with E-state index in [0.29, 0.717) is 17.7 Å². The standard InChI is InChI=1S/C14H13F3OS/c1-10-9-12(5-3-4-8-19-11(2)18)6-7-13(10)14(15,16)17/h6-7,9H,4,8H2,1-2H3. The van der Waals surface area contributed by atoms with Gasteiger partial charge in [-0.05, 0) is 30.7 Å². The summed E-state index contributed by atoms with van der Waals surface area (Å²) < 4.78 is 37.6. The number of carbonyl (C=O) groups excluding carboxylic acids is 1. The van der Waals surface area contributed by atoms with Crippen molar-refractivity contribution in [3.8, 4) is 11.8 Å². The largest absolute Gasteiger partial charge is 0.416 e. The molecule has 5 heteroatoms. The van der Waals surface area contributed by atoms with Crippen LogP contribution in [0.3, 0.4) is 0 Å². The van der Waals surface area contributed by atoms with Gasteiger partial charge in [-0.1, -0.05) is 23.6 Å². The Morgan fingerprint density at radius 3 is 2.58 bits per heavy atom. The molecule has 0 amide bonds. The molecule has 0 unspecified atom stereocenters. The lowest BCUT2D eigenvalue weighted by molar-refractivity contribution is -0.138. The molecule has 0 saturated heterocycles. The Morgan fingerprint density at radius 2 is 2.05 bits per heavy atom. The average molecular weight is 286 g/mol. The molecule has 0 aliphatic carbocycles. The third-order valence-electron chi connectivity index (χ3n) is 2.30.